The molecule has 2 bridgehead atoms. The number of hydrogen-bond donors (Lipinski definition) is 2. The molecule has 0 spiro atoms. The SMILES string of the molecule is CN(C)CC(C)(O)CNC1CC2CC1C1CCCC21. The number of fused-ring (bicyclic) bond motifs is 5. The molecule has 3 heteroatoms. The van der Waals surface area contributed by atoms with Crippen LogP contribution in [0.3, 0.4) is 0 Å². The summed E-state index contributed by atoms with van der Waals surface area (Å²) >= 11 is 0. The Morgan fingerprint density at radius 3 is 2.63 bits per heavy atom. The minimum atomic E-state index is -0.611. The number of nitrogens with one attached hydrogen (secondary N) is 1. The van der Waals surface area contributed by atoms with E-state index in [1.165, 1.54) is 32.1 Å². The van der Waals surface area contributed by atoms with E-state index in [2.05, 4.69) is 10.2 Å². The number of aliphatic hydroxyl groups is 1. The standard InChI is InChI=1S/C16H30N2O/c1-16(19,10-18(2)3)9-17-15-8-11-7-14(15)13-6-4-5-12(11)13/h11-15,17,19H,4-10H2,1-3H3. The molecule has 3 aliphatic rings. The van der Waals surface area contributed by atoms with Gasteiger partial charge in [-0.05, 0) is 70.4 Å². The van der Waals surface area contributed by atoms with E-state index in [9.17, 15) is 5.11 Å². The summed E-state index contributed by atoms with van der Waals surface area (Å²) in [5.74, 6) is 3.97. The maximum absolute atomic E-state index is 10.4. The average Bonchev–Trinajstić information content (AvgIpc) is 2.97. The third-order valence-corrected chi connectivity index (χ3v) is 5.83. The average molecular weight is 266 g/mol. The molecule has 6 atom stereocenters. The van der Waals surface area contributed by atoms with Crippen LogP contribution in [0.25, 0.3) is 0 Å². The van der Waals surface area contributed by atoms with E-state index in [-0.39, 0.29) is 0 Å². The highest BCUT2D eigenvalue weighted by Crippen LogP contribution is 2.58. The molecular formula is C16H30N2O. The molecule has 3 rings (SSSR count). The van der Waals surface area contributed by atoms with Gasteiger partial charge in [-0.2, -0.15) is 0 Å². The highest BCUT2D eigenvalue weighted by molar-refractivity contribution is 5.05. The molecule has 0 saturated heterocycles. The fourth-order valence-corrected chi connectivity index (χ4v) is 5.39. The zero-order valence-corrected chi connectivity index (χ0v) is 12.7. The van der Waals surface area contributed by atoms with Crippen molar-refractivity contribution in [2.75, 3.05) is 27.2 Å². The first-order valence-corrected chi connectivity index (χ1v) is 8.07. The Bertz CT molecular complexity index is 329. The van der Waals surface area contributed by atoms with Gasteiger partial charge in [0.1, 0.15) is 0 Å². The quantitative estimate of drug-likeness (QED) is 0.795. The molecule has 3 saturated carbocycles. The Labute approximate surface area is 117 Å². The summed E-state index contributed by atoms with van der Waals surface area (Å²) in [5, 5.41) is 14.1. The lowest BCUT2D eigenvalue weighted by Crippen LogP contribution is -2.50. The highest BCUT2D eigenvalue weighted by Gasteiger charge is 2.53. The van der Waals surface area contributed by atoms with Crippen LogP contribution in [0.1, 0.15) is 39.0 Å². The van der Waals surface area contributed by atoms with Gasteiger partial charge in [-0.15, -0.1) is 0 Å². The maximum Gasteiger partial charge on any atom is 0.0869 e. The van der Waals surface area contributed by atoms with Gasteiger partial charge in [-0.1, -0.05) is 6.42 Å². The van der Waals surface area contributed by atoms with Gasteiger partial charge in [-0.3, -0.25) is 0 Å². The van der Waals surface area contributed by atoms with Gasteiger partial charge in [-0.25, -0.2) is 0 Å². The van der Waals surface area contributed by atoms with Crippen LogP contribution < -0.4 is 5.32 Å². The second-order valence-corrected chi connectivity index (χ2v) is 7.88. The van der Waals surface area contributed by atoms with Crippen LogP contribution in [-0.2, 0) is 0 Å². The van der Waals surface area contributed by atoms with Crippen molar-refractivity contribution in [2.45, 2.75) is 50.7 Å². The summed E-state index contributed by atoms with van der Waals surface area (Å²) in [6.07, 6.45) is 7.26. The molecule has 0 radical (unpaired) electrons. The molecule has 2 N–H and O–H groups in total. The third-order valence-electron chi connectivity index (χ3n) is 5.83. The van der Waals surface area contributed by atoms with Crippen molar-refractivity contribution in [2.24, 2.45) is 23.7 Å². The summed E-state index contributed by atoms with van der Waals surface area (Å²) < 4.78 is 0. The minimum absolute atomic E-state index is 0.611. The molecule has 3 fully saturated rings. The lowest BCUT2D eigenvalue weighted by Gasteiger charge is -2.35. The molecule has 0 aromatic heterocycles. The van der Waals surface area contributed by atoms with Crippen LogP contribution in [-0.4, -0.2) is 48.8 Å². The summed E-state index contributed by atoms with van der Waals surface area (Å²) in [6, 6.07) is 0.679. The first-order chi connectivity index (χ1) is 8.96. The van der Waals surface area contributed by atoms with Crippen LogP contribution >= 0.6 is 0 Å². The van der Waals surface area contributed by atoms with E-state index >= 15 is 0 Å². The molecule has 0 aliphatic heterocycles. The van der Waals surface area contributed by atoms with E-state index in [0.717, 1.165) is 36.8 Å². The predicted octanol–water partition coefficient (Wildman–Crippen LogP) is 1.71. The first kappa shape index (κ1) is 13.8. The molecular weight excluding hydrogens is 236 g/mol. The third kappa shape index (κ3) is 2.70. The van der Waals surface area contributed by atoms with Gasteiger partial charge in [0.2, 0.25) is 0 Å². The van der Waals surface area contributed by atoms with Crippen molar-refractivity contribution >= 4 is 0 Å². The summed E-state index contributed by atoms with van der Waals surface area (Å²) in [5.41, 5.74) is -0.611. The molecule has 3 aliphatic carbocycles. The highest BCUT2D eigenvalue weighted by atomic mass is 16.3. The van der Waals surface area contributed by atoms with Gasteiger partial charge >= 0.3 is 0 Å². The summed E-state index contributed by atoms with van der Waals surface area (Å²) in [4.78, 5) is 2.06. The fourth-order valence-electron chi connectivity index (χ4n) is 5.39. The second-order valence-electron chi connectivity index (χ2n) is 7.88. The number of rotatable bonds is 5. The molecule has 19 heavy (non-hydrogen) atoms. The van der Waals surface area contributed by atoms with E-state index in [1.807, 2.05) is 21.0 Å². The smallest absolute Gasteiger partial charge is 0.0869 e. The zero-order chi connectivity index (χ0) is 13.6. The molecule has 0 aromatic rings. The van der Waals surface area contributed by atoms with Crippen molar-refractivity contribution in [3.8, 4) is 0 Å². The summed E-state index contributed by atoms with van der Waals surface area (Å²) in [6.45, 7) is 3.41. The molecule has 6 unspecified atom stereocenters. The maximum atomic E-state index is 10.4. The van der Waals surface area contributed by atoms with Crippen LogP contribution in [0.2, 0.25) is 0 Å². The van der Waals surface area contributed by atoms with Crippen molar-refractivity contribution in [3.63, 3.8) is 0 Å². The van der Waals surface area contributed by atoms with E-state index < -0.39 is 5.60 Å². The van der Waals surface area contributed by atoms with Gasteiger partial charge < -0.3 is 15.3 Å². The molecule has 110 valence electrons. The van der Waals surface area contributed by atoms with Crippen molar-refractivity contribution in [3.05, 3.63) is 0 Å². The van der Waals surface area contributed by atoms with Crippen molar-refractivity contribution in [1.29, 1.82) is 0 Å². The predicted molar refractivity (Wildman–Crippen MR) is 78.0 cm³/mol. The van der Waals surface area contributed by atoms with Gasteiger partial charge in [0.05, 0.1) is 5.60 Å². The number of nitrogens with zero attached hydrogens (tertiary/aromatic N) is 1. The summed E-state index contributed by atoms with van der Waals surface area (Å²) in [7, 11) is 4.05. The molecule has 3 nitrogen and oxygen atoms in total. The zero-order valence-electron chi connectivity index (χ0n) is 12.7. The van der Waals surface area contributed by atoms with E-state index in [0.29, 0.717) is 6.04 Å². The Morgan fingerprint density at radius 2 is 1.89 bits per heavy atom. The van der Waals surface area contributed by atoms with Gasteiger partial charge in [0, 0.05) is 19.1 Å². The largest absolute Gasteiger partial charge is 0.388 e. The fraction of sp³-hybridized carbons (Fsp3) is 1.00. The van der Waals surface area contributed by atoms with Crippen molar-refractivity contribution in [1.82, 2.24) is 10.2 Å². The van der Waals surface area contributed by atoms with Crippen LogP contribution in [0.5, 0.6) is 0 Å². The molecule has 0 aromatic carbocycles. The minimum Gasteiger partial charge on any atom is -0.388 e. The van der Waals surface area contributed by atoms with E-state index in [1.54, 1.807) is 0 Å². The van der Waals surface area contributed by atoms with Gasteiger partial charge in [0.15, 0.2) is 0 Å². The number of likely N-dealkylation sites (N-methyl/N-ethyl adjacent to an activating group) is 1. The molecule has 0 heterocycles. The Balaban J connectivity index is 1.52. The Kier molecular flexibility index (Phi) is 3.65. The van der Waals surface area contributed by atoms with Crippen molar-refractivity contribution < 1.29 is 5.11 Å². The van der Waals surface area contributed by atoms with Crippen LogP contribution in [0, 0.1) is 23.7 Å². The van der Waals surface area contributed by atoms with Crippen LogP contribution in [0.15, 0.2) is 0 Å². The Morgan fingerprint density at radius 1 is 1.16 bits per heavy atom. The monoisotopic (exact) mass is 266 g/mol. The van der Waals surface area contributed by atoms with E-state index in [4.69, 9.17) is 0 Å². The lowest BCUT2D eigenvalue weighted by molar-refractivity contribution is 0.0275. The lowest BCUT2D eigenvalue weighted by atomic mass is 9.79. The topological polar surface area (TPSA) is 35.5 Å². The number of hydrogen-bond acceptors (Lipinski definition) is 3. The van der Waals surface area contributed by atoms with Gasteiger partial charge in [0.25, 0.3) is 0 Å². The molecule has 0 amide bonds. The normalized spacial score (nSPS) is 43.7. The second kappa shape index (κ2) is 5.01. The Hall–Kier alpha value is -0.120. The first-order valence-electron chi connectivity index (χ1n) is 8.07. The van der Waals surface area contributed by atoms with Crippen LogP contribution in [0.4, 0.5) is 0 Å².